The normalized spacial score (nSPS) is 13.6. The van der Waals surface area contributed by atoms with E-state index in [2.05, 4.69) is 31.2 Å². The Morgan fingerprint density at radius 1 is 1.24 bits per heavy atom. The highest BCUT2D eigenvalue weighted by atomic mass is 79.9. The summed E-state index contributed by atoms with van der Waals surface area (Å²) in [5.74, 6) is 0.297. The third kappa shape index (κ3) is 3.59. The van der Waals surface area contributed by atoms with Gasteiger partial charge in [0, 0.05) is 14.7 Å². The van der Waals surface area contributed by atoms with E-state index >= 15 is 0 Å². The highest BCUT2D eigenvalue weighted by Gasteiger charge is 2.20. The number of carbonyl (C=O) groups excluding carboxylic acids is 1. The standard InChI is InChI=1S/C18H16BrN3OS2/c19-12-6-2-3-7-13(12)22-15(23)9-24-17-16-11-5-1-4-8-14(11)25-18(16)21-10-20-17/h2-3,6-7,10H,1,4-5,8-9H2,(H,22,23). The summed E-state index contributed by atoms with van der Waals surface area (Å²) in [5.41, 5.74) is 2.19. The van der Waals surface area contributed by atoms with Gasteiger partial charge in [0.1, 0.15) is 16.2 Å². The molecule has 0 radical (unpaired) electrons. The van der Waals surface area contributed by atoms with Crippen molar-refractivity contribution in [2.45, 2.75) is 30.7 Å². The fourth-order valence-electron chi connectivity index (χ4n) is 3.05. The van der Waals surface area contributed by atoms with E-state index in [4.69, 9.17) is 0 Å². The van der Waals surface area contributed by atoms with Crippen molar-refractivity contribution in [3.05, 3.63) is 45.5 Å². The van der Waals surface area contributed by atoms with Gasteiger partial charge in [-0.25, -0.2) is 9.97 Å². The predicted octanol–water partition coefficient (Wildman–Crippen LogP) is 5.06. The largest absolute Gasteiger partial charge is 0.324 e. The minimum atomic E-state index is -0.0345. The van der Waals surface area contributed by atoms with Gasteiger partial charge < -0.3 is 5.32 Å². The van der Waals surface area contributed by atoms with Crippen molar-refractivity contribution in [3.63, 3.8) is 0 Å². The molecular weight excluding hydrogens is 418 g/mol. The van der Waals surface area contributed by atoms with Crippen LogP contribution in [0.15, 0.2) is 40.1 Å². The molecule has 1 amide bonds. The Hall–Kier alpha value is -1.44. The lowest BCUT2D eigenvalue weighted by Gasteiger charge is -2.11. The van der Waals surface area contributed by atoms with Gasteiger partial charge in [-0.3, -0.25) is 4.79 Å². The molecule has 0 bridgehead atoms. The Morgan fingerprint density at radius 2 is 2.08 bits per heavy atom. The first-order valence-electron chi connectivity index (χ1n) is 8.15. The second kappa shape index (κ2) is 7.43. The number of hydrogen-bond donors (Lipinski definition) is 1. The molecule has 0 spiro atoms. The van der Waals surface area contributed by atoms with Crippen molar-refractivity contribution in [3.8, 4) is 0 Å². The fourth-order valence-corrected chi connectivity index (χ4v) is 5.56. The van der Waals surface area contributed by atoms with E-state index < -0.39 is 0 Å². The third-order valence-electron chi connectivity index (χ3n) is 4.20. The van der Waals surface area contributed by atoms with Crippen LogP contribution in [0.5, 0.6) is 0 Å². The van der Waals surface area contributed by atoms with Gasteiger partial charge in [0.15, 0.2) is 0 Å². The van der Waals surface area contributed by atoms with Crippen LogP contribution in [0, 0.1) is 0 Å². The van der Waals surface area contributed by atoms with Crippen molar-refractivity contribution in [1.29, 1.82) is 0 Å². The molecule has 7 heteroatoms. The maximum Gasteiger partial charge on any atom is 0.234 e. The molecule has 2 aromatic heterocycles. The van der Waals surface area contributed by atoms with Crippen molar-refractivity contribution in [2.75, 3.05) is 11.1 Å². The number of halogens is 1. The van der Waals surface area contributed by atoms with Crippen LogP contribution < -0.4 is 5.32 Å². The number of benzene rings is 1. The summed E-state index contributed by atoms with van der Waals surface area (Å²) in [6, 6.07) is 7.62. The van der Waals surface area contributed by atoms with Crippen molar-refractivity contribution < 1.29 is 4.79 Å². The number of anilines is 1. The average Bonchev–Trinajstić information content (AvgIpc) is 3.01. The molecule has 0 unspecified atom stereocenters. The lowest BCUT2D eigenvalue weighted by molar-refractivity contribution is -0.113. The number of rotatable bonds is 4. The van der Waals surface area contributed by atoms with E-state index in [0.717, 1.165) is 32.9 Å². The Kier molecular flexibility index (Phi) is 5.05. The zero-order valence-electron chi connectivity index (χ0n) is 13.4. The Balaban J connectivity index is 1.52. The van der Waals surface area contributed by atoms with Gasteiger partial charge in [-0.1, -0.05) is 23.9 Å². The van der Waals surface area contributed by atoms with Crippen LogP contribution in [-0.4, -0.2) is 21.6 Å². The second-order valence-corrected chi connectivity index (χ2v) is 8.79. The average molecular weight is 434 g/mol. The van der Waals surface area contributed by atoms with Crippen LogP contribution in [0.2, 0.25) is 0 Å². The van der Waals surface area contributed by atoms with Gasteiger partial charge in [-0.15, -0.1) is 11.3 Å². The minimum Gasteiger partial charge on any atom is -0.324 e. The number of thioether (sulfide) groups is 1. The minimum absolute atomic E-state index is 0.0345. The van der Waals surface area contributed by atoms with Gasteiger partial charge in [0.2, 0.25) is 5.91 Å². The van der Waals surface area contributed by atoms with Gasteiger partial charge in [0.25, 0.3) is 0 Å². The summed E-state index contributed by atoms with van der Waals surface area (Å²) in [4.78, 5) is 23.7. The summed E-state index contributed by atoms with van der Waals surface area (Å²) in [7, 11) is 0. The smallest absolute Gasteiger partial charge is 0.234 e. The fraction of sp³-hybridized carbons (Fsp3) is 0.278. The topological polar surface area (TPSA) is 54.9 Å². The number of carbonyl (C=O) groups is 1. The quantitative estimate of drug-likeness (QED) is 0.461. The van der Waals surface area contributed by atoms with Gasteiger partial charge in [-0.2, -0.15) is 0 Å². The van der Waals surface area contributed by atoms with E-state index in [1.54, 1.807) is 17.7 Å². The summed E-state index contributed by atoms with van der Waals surface area (Å²) in [6.07, 6.45) is 6.32. The number of nitrogens with one attached hydrogen (secondary N) is 1. The number of thiophene rings is 1. The summed E-state index contributed by atoms with van der Waals surface area (Å²) in [6.45, 7) is 0. The number of fused-ring (bicyclic) bond motifs is 3. The number of para-hydroxylation sites is 1. The number of hydrogen-bond acceptors (Lipinski definition) is 5. The SMILES string of the molecule is O=C(CSc1ncnc2sc3c(c12)CCCC3)Nc1ccccc1Br. The summed E-state index contributed by atoms with van der Waals surface area (Å²) < 4.78 is 0.879. The molecule has 1 aliphatic rings. The molecule has 25 heavy (non-hydrogen) atoms. The lowest BCUT2D eigenvalue weighted by Crippen LogP contribution is -2.14. The van der Waals surface area contributed by atoms with E-state index in [1.165, 1.54) is 40.4 Å². The Morgan fingerprint density at radius 3 is 2.96 bits per heavy atom. The zero-order valence-corrected chi connectivity index (χ0v) is 16.6. The number of nitrogens with zero attached hydrogens (tertiary/aromatic N) is 2. The molecule has 1 aliphatic carbocycles. The molecule has 0 fully saturated rings. The molecule has 1 aromatic carbocycles. The predicted molar refractivity (Wildman–Crippen MR) is 108 cm³/mol. The maximum absolute atomic E-state index is 12.3. The summed E-state index contributed by atoms with van der Waals surface area (Å²) in [5, 5.41) is 5.03. The molecule has 4 rings (SSSR count). The number of aryl methyl sites for hydroxylation is 2. The van der Waals surface area contributed by atoms with E-state index in [1.807, 2.05) is 24.3 Å². The van der Waals surface area contributed by atoms with Crippen LogP contribution >= 0.6 is 39.0 Å². The van der Waals surface area contributed by atoms with Crippen molar-refractivity contribution in [2.24, 2.45) is 0 Å². The first-order chi connectivity index (χ1) is 12.2. The monoisotopic (exact) mass is 433 g/mol. The number of amides is 1. The molecule has 4 nitrogen and oxygen atoms in total. The van der Waals surface area contributed by atoms with E-state index in [0.29, 0.717) is 5.75 Å². The molecular formula is C18H16BrN3OS2. The summed E-state index contributed by atoms with van der Waals surface area (Å²) >= 11 is 6.72. The molecule has 3 aromatic rings. The van der Waals surface area contributed by atoms with Gasteiger partial charge in [0.05, 0.1) is 11.4 Å². The third-order valence-corrected chi connectivity index (χ3v) is 7.09. The molecule has 128 valence electrons. The van der Waals surface area contributed by atoms with Crippen LogP contribution in [0.1, 0.15) is 23.3 Å². The molecule has 0 aliphatic heterocycles. The lowest BCUT2D eigenvalue weighted by atomic mass is 9.97. The Labute approximate surface area is 162 Å². The van der Waals surface area contributed by atoms with Gasteiger partial charge >= 0.3 is 0 Å². The molecule has 0 saturated heterocycles. The van der Waals surface area contributed by atoms with Crippen LogP contribution in [0.3, 0.4) is 0 Å². The van der Waals surface area contributed by atoms with Crippen LogP contribution in [0.25, 0.3) is 10.2 Å². The van der Waals surface area contributed by atoms with E-state index in [9.17, 15) is 4.79 Å². The zero-order chi connectivity index (χ0) is 17.2. The molecule has 0 atom stereocenters. The van der Waals surface area contributed by atoms with Crippen molar-refractivity contribution >= 4 is 60.8 Å². The van der Waals surface area contributed by atoms with Crippen molar-refractivity contribution in [1.82, 2.24) is 9.97 Å². The number of aromatic nitrogens is 2. The Bertz CT molecular complexity index is 941. The molecule has 1 N–H and O–H groups in total. The molecule has 2 heterocycles. The van der Waals surface area contributed by atoms with Crippen LogP contribution in [0.4, 0.5) is 5.69 Å². The second-order valence-electron chi connectivity index (χ2n) is 5.89. The first kappa shape index (κ1) is 17.0. The highest BCUT2D eigenvalue weighted by Crippen LogP contribution is 2.39. The highest BCUT2D eigenvalue weighted by molar-refractivity contribution is 9.10. The van der Waals surface area contributed by atoms with Crippen LogP contribution in [-0.2, 0) is 17.6 Å². The maximum atomic E-state index is 12.3. The first-order valence-corrected chi connectivity index (χ1v) is 10.7. The van der Waals surface area contributed by atoms with E-state index in [-0.39, 0.29) is 5.91 Å². The van der Waals surface area contributed by atoms with Gasteiger partial charge in [-0.05, 0) is 59.3 Å². The molecule has 0 saturated carbocycles.